The van der Waals surface area contributed by atoms with Crippen molar-refractivity contribution in [3.63, 3.8) is 0 Å². The van der Waals surface area contributed by atoms with Crippen molar-refractivity contribution in [2.45, 2.75) is 39.3 Å². The topological polar surface area (TPSA) is 50.8 Å². The molecular formula is C17H26N2O3. The first-order valence-corrected chi connectivity index (χ1v) is 7.81. The van der Waals surface area contributed by atoms with Crippen LogP contribution in [0.4, 0.5) is 0 Å². The smallest absolute Gasteiger partial charge is 0.226 e. The van der Waals surface area contributed by atoms with Crippen molar-refractivity contribution in [1.82, 2.24) is 10.2 Å². The van der Waals surface area contributed by atoms with E-state index in [1.807, 2.05) is 30.0 Å². The monoisotopic (exact) mass is 306 g/mol. The summed E-state index contributed by atoms with van der Waals surface area (Å²) in [6.07, 6.45) is 0.385. The van der Waals surface area contributed by atoms with Crippen LogP contribution in [-0.2, 0) is 4.79 Å². The maximum absolute atomic E-state index is 12.3. The molecular weight excluding hydrogens is 280 g/mol. The van der Waals surface area contributed by atoms with E-state index in [0.29, 0.717) is 36.6 Å². The van der Waals surface area contributed by atoms with Crippen LogP contribution in [0.15, 0.2) is 18.2 Å². The molecule has 1 saturated heterocycles. The second-order valence-electron chi connectivity index (χ2n) is 6.02. The third-order valence-electron chi connectivity index (χ3n) is 3.80. The highest BCUT2D eigenvalue weighted by Gasteiger charge is 2.24. The summed E-state index contributed by atoms with van der Waals surface area (Å²) in [5.74, 6) is 1.53. The van der Waals surface area contributed by atoms with E-state index in [4.69, 9.17) is 9.47 Å². The average Bonchev–Trinajstić information content (AvgIpc) is 2.47. The average molecular weight is 306 g/mol. The predicted octanol–water partition coefficient (Wildman–Crippen LogP) is 1.98. The number of benzene rings is 1. The molecule has 0 radical (unpaired) electrons. The molecule has 1 fully saturated rings. The summed E-state index contributed by atoms with van der Waals surface area (Å²) in [4.78, 5) is 14.2. The maximum Gasteiger partial charge on any atom is 0.226 e. The van der Waals surface area contributed by atoms with E-state index < -0.39 is 0 Å². The first kappa shape index (κ1) is 16.6. The molecule has 122 valence electrons. The van der Waals surface area contributed by atoms with Crippen molar-refractivity contribution in [2.24, 2.45) is 0 Å². The molecule has 0 bridgehead atoms. The highest BCUT2D eigenvalue weighted by molar-refractivity contribution is 5.76. The van der Waals surface area contributed by atoms with Crippen molar-refractivity contribution in [2.75, 3.05) is 26.8 Å². The van der Waals surface area contributed by atoms with Crippen LogP contribution >= 0.6 is 0 Å². The third kappa shape index (κ3) is 4.37. The number of hydrogen-bond acceptors (Lipinski definition) is 4. The van der Waals surface area contributed by atoms with E-state index in [2.05, 4.69) is 19.2 Å². The largest absolute Gasteiger partial charge is 0.493 e. The summed E-state index contributed by atoms with van der Waals surface area (Å²) in [5, 5.41) is 3.42. The predicted molar refractivity (Wildman–Crippen MR) is 86.5 cm³/mol. The van der Waals surface area contributed by atoms with Gasteiger partial charge in [-0.15, -0.1) is 0 Å². The van der Waals surface area contributed by atoms with Crippen LogP contribution in [0.1, 0.15) is 25.8 Å². The standard InChI is InChI=1S/C17H26N2O3/c1-12-5-6-15(16(9-12)21-4)22-8-7-17(20)19-10-13(2)18-14(3)11-19/h5-6,9,13-14,18H,7-8,10-11H2,1-4H3/t13-,14-/m1/s1. The van der Waals surface area contributed by atoms with Crippen molar-refractivity contribution >= 4 is 5.91 Å². The fraction of sp³-hybridized carbons (Fsp3) is 0.588. The molecule has 0 aliphatic carbocycles. The molecule has 0 aromatic heterocycles. The van der Waals surface area contributed by atoms with Crippen molar-refractivity contribution in [1.29, 1.82) is 0 Å². The highest BCUT2D eigenvalue weighted by atomic mass is 16.5. The Balaban J connectivity index is 1.84. The van der Waals surface area contributed by atoms with Gasteiger partial charge in [0.05, 0.1) is 20.1 Å². The normalized spacial score (nSPS) is 21.5. The van der Waals surface area contributed by atoms with Gasteiger partial charge in [-0.05, 0) is 38.5 Å². The van der Waals surface area contributed by atoms with E-state index in [-0.39, 0.29) is 5.91 Å². The van der Waals surface area contributed by atoms with Crippen LogP contribution in [0.2, 0.25) is 0 Å². The third-order valence-corrected chi connectivity index (χ3v) is 3.80. The number of aryl methyl sites for hydroxylation is 1. The lowest BCUT2D eigenvalue weighted by Crippen LogP contribution is -2.56. The fourth-order valence-electron chi connectivity index (χ4n) is 2.83. The zero-order valence-electron chi connectivity index (χ0n) is 13.9. The molecule has 1 N–H and O–H groups in total. The Hall–Kier alpha value is -1.75. The summed E-state index contributed by atoms with van der Waals surface area (Å²) in [7, 11) is 1.62. The maximum atomic E-state index is 12.3. The van der Waals surface area contributed by atoms with Gasteiger partial charge in [0.15, 0.2) is 11.5 Å². The second-order valence-corrected chi connectivity index (χ2v) is 6.02. The van der Waals surface area contributed by atoms with Crippen molar-refractivity contribution < 1.29 is 14.3 Å². The van der Waals surface area contributed by atoms with E-state index in [0.717, 1.165) is 18.7 Å². The number of carbonyl (C=O) groups is 1. The Morgan fingerprint density at radius 1 is 1.27 bits per heavy atom. The Morgan fingerprint density at radius 2 is 1.95 bits per heavy atom. The molecule has 2 rings (SSSR count). The van der Waals surface area contributed by atoms with Crippen molar-refractivity contribution in [3.8, 4) is 11.5 Å². The summed E-state index contributed by atoms with van der Waals surface area (Å²) in [6, 6.07) is 6.46. The van der Waals surface area contributed by atoms with Gasteiger partial charge in [-0.3, -0.25) is 4.79 Å². The van der Waals surface area contributed by atoms with Gasteiger partial charge in [-0.1, -0.05) is 6.07 Å². The lowest BCUT2D eigenvalue weighted by atomic mass is 10.1. The SMILES string of the molecule is COc1cc(C)ccc1OCCC(=O)N1C[C@@H](C)N[C@H](C)C1. The fourth-order valence-corrected chi connectivity index (χ4v) is 2.83. The minimum Gasteiger partial charge on any atom is -0.493 e. The zero-order valence-corrected chi connectivity index (χ0v) is 13.9. The number of ether oxygens (including phenoxy) is 2. The van der Waals surface area contributed by atoms with Gasteiger partial charge in [0.1, 0.15) is 0 Å². The zero-order chi connectivity index (χ0) is 16.1. The van der Waals surface area contributed by atoms with Gasteiger partial charge in [0.25, 0.3) is 0 Å². The second kappa shape index (κ2) is 7.49. The van der Waals surface area contributed by atoms with Gasteiger partial charge >= 0.3 is 0 Å². The van der Waals surface area contributed by atoms with E-state index in [9.17, 15) is 4.79 Å². The molecule has 0 saturated carbocycles. The number of nitrogens with one attached hydrogen (secondary N) is 1. The number of rotatable bonds is 5. The minimum absolute atomic E-state index is 0.145. The number of hydrogen-bond donors (Lipinski definition) is 1. The van der Waals surface area contributed by atoms with E-state index >= 15 is 0 Å². The molecule has 0 unspecified atom stereocenters. The molecule has 1 heterocycles. The molecule has 1 aliphatic rings. The van der Waals surface area contributed by atoms with Crippen molar-refractivity contribution in [3.05, 3.63) is 23.8 Å². The Morgan fingerprint density at radius 3 is 2.59 bits per heavy atom. The van der Waals surface area contributed by atoms with E-state index in [1.165, 1.54) is 0 Å². The molecule has 1 aliphatic heterocycles. The summed E-state index contributed by atoms with van der Waals surface area (Å²) in [5.41, 5.74) is 1.11. The number of nitrogens with zero attached hydrogens (tertiary/aromatic N) is 1. The van der Waals surface area contributed by atoms with E-state index in [1.54, 1.807) is 7.11 Å². The highest BCUT2D eigenvalue weighted by Crippen LogP contribution is 2.27. The number of piperazine rings is 1. The van der Waals surface area contributed by atoms with Gasteiger partial charge in [-0.2, -0.15) is 0 Å². The summed E-state index contributed by atoms with van der Waals surface area (Å²) >= 11 is 0. The lowest BCUT2D eigenvalue weighted by molar-refractivity contribution is -0.133. The lowest BCUT2D eigenvalue weighted by Gasteiger charge is -2.36. The Bertz CT molecular complexity index is 509. The number of carbonyl (C=O) groups excluding carboxylic acids is 1. The first-order chi connectivity index (χ1) is 10.5. The van der Waals surface area contributed by atoms with Crippen LogP contribution in [-0.4, -0.2) is 49.7 Å². The molecule has 1 amide bonds. The summed E-state index contributed by atoms with van der Waals surface area (Å²) in [6.45, 7) is 8.09. The molecule has 2 atom stereocenters. The van der Waals surface area contributed by atoms with Crippen LogP contribution in [0.5, 0.6) is 11.5 Å². The first-order valence-electron chi connectivity index (χ1n) is 7.81. The Labute approximate surface area is 132 Å². The van der Waals surface area contributed by atoms with Gasteiger partial charge < -0.3 is 19.7 Å². The number of methoxy groups -OCH3 is 1. The summed E-state index contributed by atoms with van der Waals surface area (Å²) < 4.78 is 11.0. The van der Waals surface area contributed by atoms with Crippen LogP contribution in [0.3, 0.4) is 0 Å². The molecule has 5 nitrogen and oxygen atoms in total. The molecule has 1 aromatic carbocycles. The quantitative estimate of drug-likeness (QED) is 0.904. The molecule has 1 aromatic rings. The molecule has 0 spiro atoms. The van der Waals surface area contributed by atoms with Crippen LogP contribution in [0.25, 0.3) is 0 Å². The van der Waals surface area contributed by atoms with Crippen LogP contribution in [0, 0.1) is 6.92 Å². The molecule has 22 heavy (non-hydrogen) atoms. The number of amides is 1. The van der Waals surface area contributed by atoms with Gasteiger partial charge in [0.2, 0.25) is 5.91 Å². The van der Waals surface area contributed by atoms with Gasteiger partial charge in [0, 0.05) is 25.2 Å². The minimum atomic E-state index is 0.145. The molecule has 5 heteroatoms. The van der Waals surface area contributed by atoms with Gasteiger partial charge in [-0.25, -0.2) is 0 Å². The Kier molecular flexibility index (Phi) is 5.66. The van der Waals surface area contributed by atoms with Crippen LogP contribution < -0.4 is 14.8 Å².